The zero-order chi connectivity index (χ0) is 13.8. The molecule has 0 saturated heterocycles. The van der Waals surface area contributed by atoms with Crippen LogP contribution in [0.3, 0.4) is 0 Å². The van der Waals surface area contributed by atoms with E-state index in [0.717, 1.165) is 5.06 Å². The summed E-state index contributed by atoms with van der Waals surface area (Å²) in [4.78, 5) is 39.6. The topological polar surface area (TPSA) is 75.7 Å². The normalized spacial score (nSPS) is 13.6. The molecule has 0 saturated carbocycles. The third kappa shape index (κ3) is 2.79. The highest BCUT2D eigenvalue weighted by atomic mass is 16.7. The first kappa shape index (κ1) is 13.2. The number of carbonyl (C=O) groups is 3. The van der Waals surface area contributed by atoms with Gasteiger partial charge in [0.2, 0.25) is 5.91 Å². The fraction of sp³-hybridized carbons (Fsp3) is 0.308. The van der Waals surface area contributed by atoms with E-state index in [0.29, 0.717) is 24.1 Å². The summed E-state index contributed by atoms with van der Waals surface area (Å²) in [5, 5.41) is 3.38. The van der Waals surface area contributed by atoms with Crippen LogP contribution in [0.4, 0.5) is 0 Å². The lowest BCUT2D eigenvalue weighted by atomic mass is 10.1. The van der Waals surface area contributed by atoms with Crippen molar-refractivity contribution >= 4 is 17.7 Å². The van der Waals surface area contributed by atoms with Crippen LogP contribution in [-0.4, -0.2) is 35.9 Å². The number of carbonyl (C=O) groups excluding carboxylic acids is 3. The van der Waals surface area contributed by atoms with Crippen LogP contribution in [0, 0.1) is 0 Å². The molecule has 1 N–H and O–H groups in total. The Morgan fingerprint density at radius 1 is 1.21 bits per heavy atom. The van der Waals surface area contributed by atoms with E-state index in [2.05, 4.69) is 5.32 Å². The van der Waals surface area contributed by atoms with Gasteiger partial charge in [-0.2, -0.15) is 0 Å². The molecule has 1 aromatic rings. The number of rotatable bonds is 5. The van der Waals surface area contributed by atoms with Crippen LogP contribution in [0.5, 0.6) is 0 Å². The number of hydroxylamine groups is 2. The molecule has 0 fully saturated rings. The molecule has 6 heteroatoms. The number of hydrogen-bond donors (Lipinski definition) is 1. The van der Waals surface area contributed by atoms with E-state index < -0.39 is 11.8 Å². The molecule has 0 spiro atoms. The van der Waals surface area contributed by atoms with E-state index in [9.17, 15) is 14.4 Å². The van der Waals surface area contributed by atoms with Crippen molar-refractivity contribution in [3.8, 4) is 0 Å². The third-order valence-electron chi connectivity index (χ3n) is 2.67. The first-order valence-electron chi connectivity index (χ1n) is 5.96. The lowest BCUT2D eigenvalue weighted by molar-refractivity contribution is -0.119. The predicted molar refractivity (Wildman–Crippen MR) is 66.2 cm³/mol. The van der Waals surface area contributed by atoms with E-state index in [1.54, 1.807) is 24.3 Å². The van der Waals surface area contributed by atoms with Crippen molar-refractivity contribution in [2.75, 3.05) is 13.2 Å². The van der Waals surface area contributed by atoms with Crippen molar-refractivity contribution in [1.29, 1.82) is 0 Å². The Morgan fingerprint density at radius 2 is 1.79 bits per heavy atom. The minimum Gasteiger partial charge on any atom is -0.356 e. The fourth-order valence-corrected chi connectivity index (χ4v) is 1.78. The van der Waals surface area contributed by atoms with Gasteiger partial charge in [-0.1, -0.05) is 12.1 Å². The van der Waals surface area contributed by atoms with Crippen molar-refractivity contribution in [2.24, 2.45) is 0 Å². The summed E-state index contributed by atoms with van der Waals surface area (Å²) in [5.74, 6) is -1.01. The Balaban J connectivity index is 1.88. The summed E-state index contributed by atoms with van der Waals surface area (Å²) in [6.45, 7) is 2.05. The summed E-state index contributed by atoms with van der Waals surface area (Å²) < 4.78 is 0. The molecular weight excluding hydrogens is 248 g/mol. The number of benzene rings is 1. The number of nitrogens with one attached hydrogen (secondary N) is 1. The van der Waals surface area contributed by atoms with Crippen LogP contribution in [-0.2, 0) is 9.63 Å². The Bertz CT molecular complexity index is 492. The molecule has 100 valence electrons. The quantitative estimate of drug-likeness (QED) is 0.627. The Morgan fingerprint density at radius 3 is 2.32 bits per heavy atom. The van der Waals surface area contributed by atoms with Gasteiger partial charge in [-0.05, 0) is 18.6 Å². The smallest absolute Gasteiger partial charge is 0.285 e. The summed E-state index contributed by atoms with van der Waals surface area (Å²) in [5.41, 5.74) is 0.712. The Kier molecular flexibility index (Phi) is 3.91. The lowest BCUT2D eigenvalue weighted by Gasteiger charge is -2.13. The van der Waals surface area contributed by atoms with Crippen LogP contribution in [0.15, 0.2) is 24.3 Å². The molecule has 3 amide bonds. The standard InChI is InChI=1S/C13H14N2O4/c1-9(16)14-7-4-8-19-15-12(17)10-5-2-3-6-11(10)13(15)18/h2-3,5-6H,4,7-8H2,1H3,(H,14,16). The van der Waals surface area contributed by atoms with Gasteiger partial charge in [-0.25, -0.2) is 0 Å². The molecule has 0 aromatic heterocycles. The molecule has 0 unspecified atom stereocenters. The van der Waals surface area contributed by atoms with Crippen molar-refractivity contribution in [3.63, 3.8) is 0 Å². The maximum absolute atomic E-state index is 11.9. The maximum Gasteiger partial charge on any atom is 0.285 e. The molecule has 6 nitrogen and oxygen atoms in total. The largest absolute Gasteiger partial charge is 0.356 e. The van der Waals surface area contributed by atoms with Crippen LogP contribution in [0.25, 0.3) is 0 Å². The van der Waals surface area contributed by atoms with Gasteiger partial charge >= 0.3 is 0 Å². The number of amides is 3. The van der Waals surface area contributed by atoms with Gasteiger partial charge in [0, 0.05) is 13.5 Å². The van der Waals surface area contributed by atoms with E-state index in [4.69, 9.17) is 4.84 Å². The SMILES string of the molecule is CC(=O)NCCCON1C(=O)c2ccccc2C1=O. The molecule has 0 bridgehead atoms. The average molecular weight is 262 g/mol. The number of hydrogen-bond acceptors (Lipinski definition) is 4. The maximum atomic E-state index is 11.9. The van der Waals surface area contributed by atoms with Crippen molar-refractivity contribution in [1.82, 2.24) is 10.4 Å². The van der Waals surface area contributed by atoms with Crippen LogP contribution in [0.2, 0.25) is 0 Å². The Hall–Kier alpha value is -2.21. The number of fused-ring (bicyclic) bond motifs is 1. The molecule has 0 aliphatic carbocycles. The Labute approximate surface area is 110 Å². The molecule has 0 radical (unpaired) electrons. The summed E-state index contributed by atoms with van der Waals surface area (Å²) in [7, 11) is 0. The molecule has 0 atom stereocenters. The van der Waals surface area contributed by atoms with Crippen LogP contribution in [0.1, 0.15) is 34.1 Å². The second kappa shape index (κ2) is 5.62. The van der Waals surface area contributed by atoms with Crippen LogP contribution < -0.4 is 5.32 Å². The van der Waals surface area contributed by atoms with Crippen molar-refractivity contribution < 1.29 is 19.2 Å². The van der Waals surface area contributed by atoms with Gasteiger partial charge in [0.05, 0.1) is 17.7 Å². The van der Waals surface area contributed by atoms with E-state index in [1.165, 1.54) is 6.92 Å². The number of nitrogens with zero attached hydrogens (tertiary/aromatic N) is 1. The highest BCUT2D eigenvalue weighted by Gasteiger charge is 2.36. The number of imide groups is 1. The summed E-state index contributed by atoms with van der Waals surface area (Å²) >= 11 is 0. The molecule has 1 heterocycles. The molecule has 19 heavy (non-hydrogen) atoms. The second-order valence-corrected chi connectivity index (χ2v) is 4.12. The minimum absolute atomic E-state index is 0.124. The van der Waals surface area contributed by atoms with E-state index in [-0.39, 0.29) is 12.5 Å². The highest BCUT2D eigenvalue weighted by Crippen LogP contribution is 2.22. The van der Waals surface area contributed by atoms with Crippen molar-refractivity contribution in [3.05, 3.63) is 35.4 Å². The fourth-order valence-electron chi connectivity index (χ4n) is 1.78. The summed E-state index contributed by atoms with van der Waals surface area (Å²) in [6.07, 6.45) is 0.521. The molecular formula is C13H14N2O4. The minimum atomic E-state index is -0.444. The van der Waals surface area contributed by atoms with Gasteiger partial charge in [-0.3, -0.25) is 19.2 Å². The van der Waals surface area contributed by atoms with E-state index >= 15 is 0 Å². The van der Waals surface area contributed by atoms with Crippen molar-refractivity contribution in [2.45, 2.75) is 13.3 Å². The second-order valence-electron chi connectivity index (χ2n) is 4.12. The third-order valence-corrected chi connectivity index (χ3v) is 2.67. The molecule has 1 aliphatic rings. The van der Waals surface area contributed by atoms with Gasteiger partial charge in [0.15, 0.2) is 0 Å². The molecule has 2 rings (SSSR count). The zero-order valence-corrected chi connectivity index (χ0v) is 10.5. The predicted octanol–water partition coefficient (Wildman–Crippen LogP) is 0.740. The first-order chi connectivity index (χ1) is 9.11. The van der Waals surface area contributed by atoms with Crippen LogP contribution >= 0.6 is 0 Å². The summed E-state index contributed by atoms with van der Waals surface area (Å²) in [6, 6.07) is 6.58. The molecule has 1 aromatic carbocycles. The van der Waals surface area contributed by atoms with Gasteiger partial charge in [0.1, 0.15) is 0 Å². The van der Waals surface area contributed by atoms with Gasteiger partial charge in [0.25, 0.3) is 11.8 Å². The lowest BCUT2D eigenvalue weighted by Crippen LogP contribution is -2.31. The monoisotopic (exact) mass is 262 g/mol. The van der Waals surface area contributed by atoms with E-state index in [1.807, 2.05) is 0 Å². The van der Waals surface area contributed by atoms with Gasteiger partial charge < -0.3 is 5.32 Å². The zero-order valence-electron chi connectivity index (χ0n) is 10.5. The highest BCUT2D eigenvalue weighted by molar-refractivity contribution is 6.20. The first-order valence-corrected chi connectivity index (χ1v) is 5.96. The van der Waals surface area contributed by atoms with Gasteiger partial charge in [-0.15, -0.1) is 5.06 Å². The average Bonchev–Trinajstić information content (AvgIpc) is 2.63. The molecule has 1 aliphatic heterocycles.